The van der Waals surface area contributed by atoms with Crippen LogP contribution in [0.1, 0.15) is 32.6 Å². The molecule has 14 heavy (non-hydrogen) atoms. The van der Waals surface area contributed by atoms with Gasteiger partial charge < -0.3 is 9.22 Å². The minimum absolute atomic E-state index is 0.832. The van der Waals surface area contributed by atoms with Crippen LogP contribution in [0.2, 0.25) is 0 Å². The van der Waals surface area contributed by atoms with Crippen LogP contribution in [-0.4, -0.2) is 38.8 Å². The van der Waals surface area contributed by atoms with Crippen LogP contribution >= 0.6 is 0 Å². The quantitative estimate of drug-likeness (QED) is 0.332. The average Bonchev–Trinajstić information content (AvgIpc) is 2.00. The molecule has 2 nitrogen and oxygen atoms in total. The molecule has 0 amide bonds. The van der Waals surface area contributed by atoms with E-state index in [-0.39, 0.29) is 0 Å². The van der Waals surface area contributed by atoms with Crippen molar-refractivity contribution in [2.45, 2.75) is 32.6 Å². The molecule has 0 bridgehead atoms. The fourth-order valence-corrected chi connectivity index (χ4v) is 1.32. The molecule has 0 heterocycles. The highest BCUT2D eigenvalue weighted by Crippen LogP contribution is 2.04. The molecule has 0 aromatic heterocycles. The third kappa shape index (κ3) is 9.59. The van der Waals surface area contributed by atoms with E-state index in [1.165, 1.54) is 19.3 Å². The molecule has 0 radical (unpaired) electrons. The Hall–Kier alpha value is -0.500. The molecule has 0 fully saturated rings. The fourth-order valence-electron chi connectivity index (χ4n) is 1.32. The summed E-state index contributed by atoms with van der Waals surface area (Å²) in [5.41, 5.74) is 0. The number of likely N-dealkylation sites (N-methyl/N-ethyl adjacent to an activating group) is 1. The van der Waals surface area contributed by atoms with E-state index in [9.17, 15) is 0 Å². The van der Waals surface area contributed by atoms with Gasteiger partial charge >= 0.3 is 0 Å². The lowest BCUT2D eigenvalue weighted by atomic mass is 10.2. The van der Waals surface area contributed by atoms with Crippen LogP contribution in [0.3, 0.4) is 0 Å². The molecular weight excluding hydrogens is 174 g/mol. The predicted octanol–water partition coefficient (Wildman–Crippen LogP) is 2.80. The summed E-state index contributed by atoms with van der Waals surface area (Å²) in [4.78, 5) is 0. The molecule has 0 spiro atoms. The van der Waals surface area contributed by atoms with Gasteiger partial charge in [-0.2, -0.15) is 0 Å². The Balaban J connectivity index is 3.36. The summed E-state index contributed by atoms with van der Waals surface area (Å²) >= 11 is 0. The van der Waals surface area contributed by atoms with Crippen molar-refractivity contribution in [3.8, 4) is 0 Å². The van der Waals surface area contributed by atoms with E-state index >= 15 is 0 Å². The van der Waals surface area contributed by atoms with Crippen molar-refractivity contribution >= 4 is 0 Å². The highest BCUT2D eigenvalue weighted by molar-refractivity contribution is 4.81. The summed E-state index contributed by atoms with van der Waals surface area (Å²) in [6, 6.07) is 0. The molecule has 0 aromatic carbocycles. The van der Waals surface area contributed by atoms with Crippen molar-refractivity contribution in [2.75, 3.05) is 34.3 Å². The molecule has 2 heteroatoms. The number of quaternary nitrogens is 1. The van der Waals surface area contributed by atoms with Gasteiger partial charge in [-0.05, 0) is 6.42 Å². The lowest BCUT2D eigenvalue weighted by Crippen LogP contribution is -2.36. The van der Waals surface area contributed by atoms with E-state index in [4.69, 9.17) is 4.74 Å². The number of ether oxygens (including phenoxy) is 1. The lowest BCUT2D eigenvalue weighted by molar-refractivity contribution is -0.866. The van der Waals surface area contributed by atoms with E-state index in [0.717, 1.165) is 29.8 Å². The topological polar surface area (TPSA) is 9.23 Å². The van der Waals surface area contributed by atoms with Crippen molar-refractivity contribution in [1.29, 1.82) is 0 Å². The normalized spacial score (nSPS) is 11.4. The summed E-state index contributed by atoms with van der Waals surface area (Å²) in [5, 5.41) is 0. The second-order valence-corrected chi connectivity index (χ2v) is 4.90. The lowest BCUT2D eigenvalue weighted by Gasteiger charge is -2.24. The van der Waals surface area contributed by atoms with Crippen molar-refractivity contribution in [2.24, 2.45) is 0 Å². The number of hydrogen-bond acceptors (Lipinski definition) is 1. The fraction of sp³-hybridized carbons (Fsp3) is 0.833. The van der Waals surface area contributed by atoms with Crippen LogP contribution < -0.4 is 0 Å². The third-order valence-electron chi connectivity index (χ3n) is 1.95. The van der Waals surface area contributed by atoms with Crippen molar-refractivity contribution in [3.63, 3.8) is 0 Å². The van der Waals surface area contributed by atoms with E-state index < -0.39 is 0 Å². The first-order chi connectivity index (χ1) is 6.45. The molecule has 0 saturated heterocycles. The molecule has 0 aliphatic rings. The van der Waals surface area contributed by atoms with Gasteiger partial charge in [-0.15, -0.1) is 0 Å². The van der Waals surface area contributed by atoms with Gasteiger partial charge in [0, 0.05) is 0 Å². The number of rotatable bonds is 8. The maximum absolute atomic E-state index is 5.55. The van der Waals surface area contributed by atoms with Crippen LogP contribution in [-0.2, 0) is 4.74 Å². The van der Waals surface area contributed by atoms with Crippen LogP contribution in [0.4, 0.5) is 0 Å². The van der Waals surface area contributed by atoms with Crippen LogP contribution in [0.5, 0.6) is 0 Å². The Kier molecular flexibility index (Phi) is 6.64. The average molecular weight is 200 g/mol. The van der Waals surface area contributed by atoms with E-state index in [1.807, 2.05) is 0 Å². The smallest absolute Gasteiger partial charge is 0.143 e. The first-order valence-electron chi connectivity index (χ1n) is 5.56. The monoisotopic (exact) mass is 200 g/mol. The molecular formula is C12H26NO+. The molecule has 0 saturated carbocycles. The Morgan fingerprint density at radius 1 is 1.14 bits per heavy atom. The zero-order chi connectivity index (χ0) is 11.0. The van der Waals surface area contributed by atoms with Gasteiger partial charge in [0.1, 0.15) is 12.3 Å². The maximum atomic E-state index is 5.55. The first kappa shape index (κ1) is 13.5. The van der Waals surface area contributed by atoms with E-state index in [0.29, 0.717) is 0 Å². The Morgan fingerprint density at radius 2 is 1.79 bits per heavy atom. The highest BCUT2D eigenvalue weighted by atomic mass is 16.5. The van der Waals surface area contributed by atoms with Gasteiger partial charge in [0.15, 0.2) is 0 Å². The van der Waals surface area contributed by atoms with Gasteiger partial charge in [0.05, 0.1) is 27.7 Å². The largest absolute Gasteiger partial charge is 0.493 e. The van der Waals surface area contributed by atoms with Gasteiger partial charge in [-0.3, -0.25) is 0 Å². The van der Waals surface area contributed by atoms with Crippen LogP contribution in [0, 0.1) is 0 Å². The number of nitrogens with zero attached hydrogens (tertiary/aromatic N) is 1. The Bertz CT molecular complexity index is 158. The maximum Gasteiger partial charge on any atom is 0.143 e. The molecule has 0 N–H and O–H groups in total. The summed E-state index contributed by atoms with van der Waals surface area (Å²) in [6.45, 7) is 7.87. The molecule has 0 unspecified atom stereocenters. The summed E-state index contributed by atoms with van der Waals surface area (Å²) in [5.74, 6) is 0.911. The Morgan fingerprint density at radius 3 is 2.29 bits per heavy atom. The predicted molar refractivity (Wildman–Crippen MR) is 62.1 cm³/mol. The molecule has 0 aromatic rings. The molecule has 0 aliphatic heterocycles. The van der Waals surface area contributed by atoms with Crippen LogP contribution in [0.25, 0.3) is 0 Å². The minimum Gasteiger partial charge on any atom is -0.493 e. The second kappa shape index (κ2) is 6.88. The second-order valence-electron chi connectivity index (χ2n) is 4.90. The first-order valence-corrected chi connectivity index (χ1v) is 5.56. The standard InChI is InChI=1S/C12H26NO/c1-6-7-8-9-10-14-12(2)11-13(3,4)5/h2,6-11H2,1,3-5H3/q+1. The van der Waals surface area contributed by atoms with Crippen LogP contribution in [0.15, 0.2) is 12.3 Å². The van der Waals surface area contributed by atoms with E-state index in [2.05, 4.69) is 34.6 Å². The molecule has 0 aliphatic carbocycles. The number of unbranched alkanes of at least 4 members (excludes halogenated alkanes) is 3. The molecule has 84 valence electrons. The minimum atomic E-state index is 0.832. The zero-order valence-electron chi connectivity index (χ0n) is 10.3. The van der Waals surface area contributed by atoms with Crippen molar-refractivity contribution in [1.82, 2.24) is 0 Å². The molecule has 0 rings (SSSR count). The zero-order valence-corrected chi connectivity index (χ0v) is 10.3. The van der Waals surface area contributed by atoms with Crippen molar-refractivity contribution in [3.05, 3.63) is 12.3 Å². The summed E-state index contributed by atoms with van der Waals surface area (Å²) < 4.78 is 6.44. The number of hydrogen-bond donors (Lipinski definition) is 0. The van der Waals surface area contributed by atoms with E-state index in [1.54, 1.807) is 0 Å². The summed E-state index contributed by atoms with van der Waals surface area (Å²) in [6.07, 6.45) is 5.02. The van der Waals surface area contributed by atoms with Crippen molar-refractivity contribution < 1.29 is 9.22 Å². The highest BCUT2D eigenvalue weighted by Gasteiger charge is 2.09. The van der Waals surface area contributed by atoms with Gasteiger partial charge in [0.2, 0.25) is 0 Å². The Labute approximate surface area is 89.1 Å². The van der Waals surface area contributed by atoms with Gasteiger partial charge in [-0.1, -0.05) is 32.8 Å². The van der Waals surface area contributed by atoms with Gasteiger partial charge in [0.25, 0.3) is 0 Å². The third-order valence-corrected chi connectivity index (χ3v) is 1.95. The molecule has 0 atom stereocenters. The summed E-state index contributed by atoms with van der Waals surface area (Å²) in [7, 11) is 6.43. The SMILES string of the molecule is C=C(C[N+](C)(C)C)OCCCCCC. The van der Waals surface area contributed by atoms with Gasteiger partial charge in [-0.25, -0.2) is 0 Å².